The predicted molar refractivity (Wildman–Crippen MR) is 79.8 cm³/mol. The van der Waals surface area contributed by atoms with E-state index in [1.54, 1.807) is 35.1 Å². The Labute approximate surface area is 129 Å². The molecule has 1 atom stereocenters. The molecule has 1 amide bonds. The minimum atomic E-state index is -0.977. The molecule has 0 bridgehead atoms. The van der Waals surface area contributed by atoms with Crippen LogP contribution in [0.3, 0.4) is 0 Å². The van der Waals surface area contributed by atoms with Crippen LogP contribution >= 0.6 is 11.3 Å². The lowest BCUT2D eigenvalue weighted by Gasteiger charge is -2.14. The van der Waals surface area contributed by atoms with Crippen molar-refractivity contribution in [2.75, 3.05) is 0 Å². The number of thiophene rings is 1. The van der Waals surface area contributed by atoms with Gasteiger partial charge in [0.15, 0.2) is 0 Å². The van der Waals surface area contributed by atoms with Crippen LogP contribution < -0.4 is 5.32 Å². The molecule has 0 aliphatic heterocycles. The van der Waals surface area contributed by atoms with Crippen LogP contribution in [0.15, 0.2) is 42.2 Å². The van der Waals surface area contributed by atoms with Crippen LogP contribution in [0, 0.1) is 0 Å². The predicted octanol–water partition coefficient (Wildman–Crippen LogP) is 1.74. The van der Waals surface area contributed by atoms with E-state index in [2.05, 4.69) is 15.3 Å². The SMILES string of the molecule is O=C(O)CC(NC(=O)c1cn2cccnc2n1)c1cccs1. The third-order valence-corrected chi connectivity index (χ3v) is 4.02. The summed E-state index contributed by atoms with van der Waals surface area (Å²) in [6.45, 7) is 0. The van der Waals surface area contributed by atoms with Crippen LogP contribution in [0.1, 0.15) is 27.8 Å². The van der Waals surface area contributed by atoms with E-state index in [1.165, 1.54) is 11.3 Å². The Morgan fingerprint density at radius 2 is 2.27 bits per heavy atom. The van der Waals surface area contributed by atoms with Gasteiger partial charge in [-0.1, -0.05) is 6.07 Å². The molecular weight excluding hydrogens is 304 g/mol. The molecular formula is C14H12N4O3S. The van der Waals surface area contributed by atoms with E-state index in [0.29, 0.717) is 5.78 Å². The van der Waals surface area contributed by atoms with Crippen molar-refractivity contribution in [3.8, 4) is 0 Å². The first-order valence-corrected chi connectivity index (χ1v) is 7.37. The number of imidazole rings is 1. The van der Waals surface area contributed by atoms with Gasteiger partial charge >= 0.3 is 5.97 Å². The van der Waals surface area contributed by atoms with Gasteiger partial charge in [0, 0.05) is 23.5 Å². The highest BCUT2D eigenvalue weighted by Gasteiger charge is 2.21. The van der Waals surface area contributed by atoms with E-state index in [4.69, 9.17) is 5.11 Å². The number of rotatable bonds is 5. The molecule has 22 heavy (non-hydrogen) atoms. The zero-order chi connectivity index (χ0) is 15.5. The van der Waals surface area contributed by atoms with Gasteiger partial charge in [0.05, 0.1) is 12.5 Å². The Kier molecular flexibility index (Phi) is 3.84. The average Bonchev–Trinajstić information content (AvgIpc) is 3.15. The van der Waals surface area contributed by atoms with Crippen LogP contribution in [0.2, 0.25) is 0 Å². The van der Waals surface area contributed by atoms with Crippen LogP contribution in [0.25, 0.3) is 5.78 Å². The molecule has 0 aliphatic rings. The number of nitrogens with one attached hydrogen (secondary N) is 1. The Hall–Kier alpha value is -2.74. The second-order valence-corrected chi connectivity index (χ2v) is 5.57. The molecule has 3 rings (SSSR count). The molecule has 3 aromatic rings. The normalized spacial score (nSPS) is 12.2. The molecule has 8 heteroatoms. The Morgan fingerprint density at radius 3 is 2.95 bits per heavy atom. The summed E-state index contributed by atoms with van der Waals surface area (Å²) in [5.41, 5.74) is 0.200. The molecule has 3 heterocycles. The number of carbonyl (C=O) groups is 2. The maximum atomic E-state index is 12.3. The Morgan fingerprint density at radius 1 is 1.41 bits per heavy atom. The number of amides is 1. The molecule has 0 fully saturated rings. The Balaban J connectivity index is 1.82. The van der Waals surface area contributed by atoms with E-state index in [0.717, 1.165) is 4.88 Å². The van der Waals surface area contributed by atoms with Gasteiger partial charge in [-0.05, 0) is 17.5 Å². The molecule has 7 nitrogen and oxygen atoms in total. The minimum absolute atomic E-state index is 0.183. The number of aliphatic carboxylic acids is 1. The smallest absolute Gasteiger partial charge is 0.305 e. The maximum Gasteiger partial charge on any atom is 0.305 e. The highest BCUT2D eigenvalue weighted by atomic mass is 32.1. The fourth-order valence-electron chi connectivity index (χ4n) is 2.06. The van der Waals surface area contributed by atoms with Gasteiger partial charge < -0.3 is 10.4 Å². The zero-order valence-electron chi connectivity index (χ0n) is 11.3. The first kappa shape index (κ1) is 14.2. The molecule has 3 aromatic heterocycles. The van der Waals surface area contributed by atoms with E-state index in [-0.39, 0.29) is 12.1 Å². The van der Waals surface area contributed by atoms with Gasteiger partial charge in [-0.2, -0.15) is 0 Å². The lowest BCUT2D eigenvalue weighted by atomic mass is 10.1. The van der Waals surface area contributed by atoms with Crippen LogP contribution in [0.4, 0.5) is 0 Å². The fraction of sp³-hybridized carbons (Fsp3) is 0.143. The first-order chi connectivity index (χ1) is 10.6. The van der Waals surface area contributed by atoms with Gasteiger partial charge in [-0.3, -0.25) is 14.0 Å². The summed E-state index contributed by atoms with van der Waals surface area (Å²) < 4.78 is 1.63. The third-order valence-electron chi connectivity index (χ3n) is 3.04. The molecule has 1 unspecified atom stereocenters. The van der Waals surface area contributed by atoms with Crippen LogP contribution in [0.5, 0.6) is 0 Å². The van der Waals surface area contributed by atoms with E-state index in [1.807, 2.05) is 11.4 Å². The molecule has 0 aliphatic carbocycles. The van der Waals surface area contributed by atoms with Gasteiger partial charge in [-0.15, -0.1) is 11.3 Å². The molecule has 0 saturated heterocycles. The molecule has 0 radical (unpaired) electrons. The molecule has 0 spiro atoms. The second kappa shape index (κ2) is 5.94. The molecule has 112 valence electrons. The number of hydrogen-bond donors (Lipinski definition) is 2. The third kappa shape index (κ3) is 2.96. The second-order valence-electron chi connectivity index (χ2n) is 4.59. The summed E-state index contributed by atoms with van der Waals surface area (Å²) >= 11 is 1.40. The highest BCUT2D eigenvalue weighted by molar-refractivity contribution is 7.10. The van der Waals surface area contributed by atoms with Gasteiger partial charge in [-0.25, -0.2) is 9.97 Å². The average molecular weight is 316 g/mol. The topological polar surface area (TPSA) is 96.6 Å². The van der Waals surface area contributed by atoms with Gasteiger partial charge in [0.2, 0.25) is 5.78 Å². The zero-order valence-corrected chi connectivity index (χ0v) is 12.2. The number of carboxylic acids is 1. The summed E-state index contributed by atoms with van der Waals surface area (Å²) in [4.78, 5) is 32.2. The van der Waals surface area contributed by atoms with Crippen molar-refractivity contribution in [3.05, 3.63) is 52.7 Å². The molecule has 0 aromatic carbocycles. The number of carbonyl (C=O) groups excluding carboxylic acids is 1. The summed E-state index contributed by atoms with van der Waals surface area (Å²) in [7, 11) is 0. The van der Waals surface area contributed by atoms with Crippen molar-refractivity contribution in [2.45, 2.75) is 12.5 Å². The number of nitrogens with zero attached hydrogens (tertiary/aromatic N) is 3. The van der Waals surface area contributed by atoms with Gasteiger partial charge in [0.1, 0.15) is 5.69 Å². The largest absolute Gasteiger partial charge is 0.481 e. The van der Waals surface area contributed by atoms with Gasteiger partial charge in [0.25, 0.3) is 5.91 Å². The minimum Gasteiger partial charge on any atom is -0.481 e. The lowest BCUT2D eigenvalue weighted by molar-refractivity contribution is -0.137. The van der Waals surface area contributed by atoms with E-state index >= 15 is 0 Å². The quantitative estimate of drug-likeness (QED) is 0.747. The van der Waals surface area contributed by atoms with E-state index in [9.17, 15) is 9.59 Å². The highest BCUT2D eigenvalue weighted by Crippen LogP contribution is 2.22. The van der Waals surface area contributed by atoms with Crippen molar-refractivity contribution < 1.29 is 14.7 Å². The number of carboxylic acid groups (broad SMARTS) is 1. The number of hydrogen-bond acceptors (Lipinski definition) is 5. The molecule has 2 N–H and O–H groups in total. The lowest BCUT2D eigenvalue weighted by Crippen LogP contribution is -2.29. The van der Waals surface area contributed by atoms with E-state index < -0.39 is 17.9 Å². The summed E-state index contributed by atoms with van der Waals surface area (Å²) in [6.07, 6.45) is 4.70. The number of fused-ring (bicyclic) bond motifs is 1. The molecule has 0 saturated carbocycles. The standard InChI is InChI=1S/C14H12N4O3S/c19-12(20)7-9(11-3-1-6-22-11)16-13(21)10-8-18-5-2-4-15-14(18)17-10/h1-6,8-9H,7H2,(H,16,21)(H,19,20). The Bertz CT molecular complexity index is 779. The van der Waals surface area contributed by atoms with Crippen molar-refractivity contribution >= 4 is 29.0 Å². The maximum absolute atomic E-state index is 12.3. The van der Waals surface area contributed by atoms with Crippen molar-refractivity contribution in [1.29, 1.82) is 0 Å². The van der Waals surface area contributed by atoms with Crippen LogP contribution in [-0.2, 0) is 4.79 Å². The fourth-order valence-corrected chi connectivity index (χ4v) is 2.84. The summed E-state index contributed by atoms with van der Waals surface area (Å²) in [5.74, 6) is -0.987. The van der Waals surface area contributed by atoms with Crippen LogP contribution in [-0.4, -0.2) is 31.4 Å². The van der Waals surface area contributed by atoms with Crippen molar-refractivity contribution in [3.63, 3.8) is 0 Å². The summed E-state index contributed by atoms with van der Waals surface area (Å²) in [5, 5.41) is 13.6. The van der Waals surface area contributed by atoms with Crippen molar-refractivity contribution in [1.82, 2.24) is 19.7 Å². The van der Waals surface area contributed by atoms with Crippen molar-refractivity contribution in [2.24, 2.45) is 0 Å². The first-order valence-electron chi connectivity index (χ1n) is 6.49. The number of aromatic nitrogens is 3. The summed E-state index contributed by atoms with van der Waals surface area (Å²) in [6, 6.07) is 4.76. The monoisotopic (exact) mass is 316 g/mol.